The van der Waals surface area contributed by atoms with Crippen molar-refractivity contribution in [1.82, 2.24) is 19.5 Å². The summed E-state index contributed by atoms with van der Waals surface area (Å²) >= 11 is 0. The van der Waals surface area contributed by atoms with Gasteiger partial charge in [0.25, 0.3) is 0 Å². The molecule has 7 nitrogen and oxygen atoms in total. The van der Waals surface area contributed by atoms with Crippen molar-refractivity contribution in [3.63, 3.8) is 0 Å². The fraction of sp³-hybridized carbons (Fsp3) is 0.208. The first-order valence-corrected chi connectivity index (χ1v) is 10.1. The molecule has 0 saturated carbocycles. The first-order chi connectivity index (χ1) is 14.9. The lowest BCUT2D eigenvalue weighted by molar-refractivity contribution is -0.117. The van der Waals surface area contributed by atoms with E-state index in [9.17, 15) is 4.79 Å². The van der Waals surface area contributed by atoms with Crippen molar-refractivity contribution in [2.45, 2.75) is 27.2 Å². The Morgan fingerprint density at radius 2 is 1.77 bits per heavy atom. The first kappa shape index (κ1) is 19.1. The van der Waals surface area contributed by atoms with E-state index in [2.05, 4.69) is 19.5 Å². The van der Waals surface area contributed by atoms with E-state index in [1.54, 1.807) is 24.3 Å². The summed E-state index contributed by atoms with van der Waals surface area (Å²) in [6, 6.07) is 12.0. The molecule has 7 heteroatoms. The van der Waals surface area contributed by atoms with Crippen molar-refractivity contribution < 1.29 is 4.79 Å². The van der Waals surface area contributed by atoms with E-state index in [0.29, 0.717) is 5.82 Å². The maximum atomic E-state index is 12.8. The number of imidazole rings is 1. The van der Waals surface area contributed by atoms with Crippen molar-refractivity contribution in [3.8, 4) is 5.69 Å². The molecule has 31 heavy (non-hydrogen) atoms. The molecule has 154 valence electrons. The van der Waals surface area contributed by atoms with E-state index < -0.39 is 0 Å². The lowest BCUT2D eigenvalue weighted by atomic mass is 10.1. The molecule has 4 aromatic rings. The SMILES string of the molecule is Cc1cc(C)c2c(n1)N=C(c1ccc(-n3c(C)nc4cnccc43)cc1)CC(=O)N2C. The molecule has 0 atom stereocenters. The zero-order chi connectivity index (χ0) is 21.7. The van der Waals surface area contributed by atoms with Crippen LogP contribution in [0.2, 0.25) is 0 Å². The highest BCUT2D eigenvalue weighted by atomic mass is 16.2. The lowest BCUT2D eigenvalue weighted by Crippen LogP contribution is -2.27. The van der Waals surface area contributed by atoms with Gasteiger partial charge in [-0.05, 0) is 56.2 Å². The number of rotatable bonds is 2. The van der Waals surface area contributed by atoms with Crippen molar-refractivity contribution in [1.29, 1.82) is 0 Å². The summed E-state index contributed by atoms with van der Waals surface area (Å²) in [6.45, 7) is 5.90. The monoisotopic (exact) mass is 410 g/mol. The minimum absolute atomic E-state index is 0.000669. The summed E-state index contributed by atoms with van der Waals surface area (Å²) < 4.78 is 2.10. The van der Waals surface area contributed by atoms with E-state index in [1.807, 2.05) is 57.2 Å². The summed E-state index contributed by atoms with van der Waals surface area (Å²) in [5, 5.41) is 0. The van der Waals surface area contributed by atoms with Gasteiger partial charge in [0.1, 0.15) is 11.3 Å². The van der Waals surface area contributed by atoms with Gasteiger partial charge in [-0.3, -0.25) is 14.3 Å². The van der Waals surface area contributed by atoms with Gasteiger partial charge in [0.15, 0.2) is 5.82 Å². The summed E-state index contributed by atoms with van der Waals surface area (Å²) in [5.74, 6) is 1.48. The normalized spacial score (nSPS) is 13.9. The van der Waals surface area contributed by atoms with Crippen LogP contribution in [0.1, 0.15) is 29.1 Å². The number of carbonyl (C=O) groups is 1. The Bertz CT molecular complexity index is 1370. The predicted octanol–water partition coefficient (Wildman–Crippen LogP) is 4.23. The van der Waals surface area contributed by atoms with Crippen LogP contribution in [0.15, 0.2) is 53.8 Å². The molecule has 0 radical (unpaired) electrons. The van der Waals surface area contributed by atoms with Crippen molar-refractivity contribution in [3.05, 3.63) is 71.4 Å². The number of hydrogen-bond acceptors (Lipinski definition) is 5. The summed E-state index contributed by atoms with van der Waals surface area (Å²) in [6.07, 6.45) is 3.76. The standard InChI is InChI=1S/C24H22N6O/c1-14-11-15(2)26-24-23(14)29(4)22(31)12-19(28-24)17-5-7-18(8-6-17)30-16(3)27-20-13-25-10-9-21(20)30/h5-11,13H,12H2,1-4H3. The van der Waals surface area contributed by atoms with Crippen molar-refractivity contribution in [2.75, 3.05) is 11.9 Å². The second kappa shape index (κ2) is 7.12. The Kier molecular flexibility index (Phi) is 4.39. The fourth-order valence-corrected chi connectivity index (χ4v) is 4.20. The molecule has 0 spiro atoms. The van der Waals surface area contributed by atoms with E-state index in [0.717, 1.165) is 50.8 Å². The Labute approximate surface area is 180 Å². The molecule has 0 saturated heterocycles. The fourth-order valence-electron chi connectivity index (χ4n) is 4.20. The molecule has 0 unspecified atom stereocenters. The molecule has 3 aromatic heterocycles. The molecule has 1 aliphatic rings. The van der Waals surface area contributed by atoms with E-state index >= 15 is 0 Å². The molecule has 0 N–H and O–H groups in total. The topological polar surface area (TPSA) is 76.3 Å². The van der Waals surface area contributed by atoms with Crippen LogP contribution in [-0.4, -0.2) is 38.2 Å². The molecule has 1 aromatic carbocycles. The molecule has 1 aliphatic heterocycles. The van der Waals surface area contributed by atoms with Crippen LogP contribution >= 0.6 is 0 Å². The molecule has 0 bridgehead atoms. The third-order valence-electron chi connectivity index (χ3n) is 5.65. The molecule has 4 heterocycles. The predicted molar refractivity (Wildman–Crippen MR) is 122 cm³/mol. The van der Waals surface area contributed by atoms with Gasteiger partial charge in [-0.2, -0.15) is 0 Å². The number of pyridine rings is 2. The minimum atomic E-state index is -0.000669. The number of amides is 1. The number of fused-ring (bicyclic) bond motifs is 2. The average Bonchev–Trinajstić information content (AvgIpc) is 3.01. The molecule has 0 fully saturated rings. The number of hydrogen-bond donors (Lipinski definition) is 0. The zero-order valence-corrected chi connectivity index (χ0v) is 17.9. The first-order valence-electron chi connectivity index (χ1n) is 10.1. The van der Waals surface area contributed by atoms with Crippen LogP contribution in [0, 0.1) is 20.8 Å². The molecular weight excluding hydrogens is 388 g/mol. The molecule has 1 amide bonds. The minimum Gasteiger partial charge on any atom is -0.312 e. The molecule has 0 aliphatic carbocycles. The number of anilines is 1. The highest BCUT2D eigenvalue weighted by Crippen LogP contribution is 2.34. The number of aliphatic imine (C=N–C) groups is 1. The van der Waals surface area contributed by atoms with Gasteiger partial charge < -0.3 is 4.90 Å². The largest absolute Gasteiger partial charge is 0.312 e. The number of benzene rings is 1. The van der Waals surface area contributed by atoms with E-state index in [-0.39, 0.29) is 12.3 Å². The van der Waals surface area contributed by atoms with E-state index in [4.69, 9.17) is 4.99 Å². The van der Waals surface area contributed by atoms with Crippen molar-refractivity contribution in [2.24, 2.45) is 4.99 Å². The second-order valence-electron chi connectivity index (χ2n) is 7.85. The number of aryl methyl sites for hydroxylation is 3. The average molecular weight is 410 g/mol. The third kappa shape index (κ3) is 3.18. The highest BCUT2D eigenvalue weighted by molar-refractivity contribution is 6.17. The van der Waals surface area contributed by atoms with Gasteiger partial charge in [-0.1, -0.05) is 12.1 Å². The Hall–Kier alpha value is -3.87. The van der Waals surface area contributed by atoms with Crippen LogP contribution in [-0.2, 0) is 4.79 Å². The van der Waals surface area contributed by atoms with Gasteiger partial charge in [-0.25, -0.2) is 15.0 Å². The van der Waals surface area contributed by atoms with Crippen LogP contribution in [0.5, 0.6) is 0 Å². The Balaban J connectivity index is 1.58. The number of aromatic nitrogens is 4. The Morgan fingerprint density at radius 1 is 1.00 bits per heavy atom. The van der Waals surface area contributed by atoms with E-state index in [1.165, 1.54) is 0 Å². The number of nitrogens with zero attached hydrogens (tertiary/aromatic N) is 6. The summed E-state index contributed by atoms with van der Waals surface area (Å²) in [4.78, 5) is 32.7. The van der Waals surface area contributed by atoms with Gasteiger partial charge in [0, 0.05) is 24.6 Å². The smallest absolute Gasteiger partial charge is 0.232 e. The summed E-state index contributed by atoms with van der Waals surface area (Å²) in [5.41, 5.74) is 7.14. The highest BCUT2D eigenvalue weighted by Gasteiger charge is 2.25. The quantitative estimate of drug-likeness (QED) is 0.496. The van der Waals surface area contributed by atoms with Gasteiger partial charge in [0.05, 0.1) is 29.5 Å². The lowest BCUT2D eigenvalue weighted by Gasteiger charge is -2.18. The van der Waals surface area contributed by atoms with Crippen LogP contribution < -0.4 is 4.90 Å². The number of carbonyl (C=O) groups excluding carboxylic acids is 1. The zero-order valence-electron chi connectivity index (χ0n) is 17.9. The Morgan fingerprint density at radius 3 is 2.55 bits per heavy atom. The second-order valence-corrected chi connectivity index (χ2v) is 7.85. The van der Waals surface area contributed by atoms with Crippen LogP contribution in [0.25, 0.3) is 16.7 Å². The molecule has 5 rings (SSSR count). The van der Waals surface area contributed by atoms with Gasteiger partial charge in [-0.15, -0.1) is 0 Å². The van der Waals surface area contributed by atoms with Crippen LogP contribution in [0.4, 0.5) is 11.5 Å². The summed E-state index contributed by atoms with van der Waals surface area (Å²) in [7, 11) is 1.79. The van der Waals surface area contributed by atoms with Crippen molar-refractivity contribution >= 4 is 34.2 Å². The van der Waals surface area contributed by atoms with Gasteiger partial charge >= 0.3 is 0 Å². The van der Waals surface area contributed by atoms with Gasteiger partial charge in [0.2, 0.25) is 5.91 Å². The molecular formula is C24H22N6O. The van der Waals surface area contributed by atoms with Crippen LogP contribution in [0.3, 0.4) is 0 Å². The third-order valence-corrected chi connectivity index (χ3v) is 5.65. The maximum Gasteiger partial charge on any atom is 0.232 e. The maximum absolute atomic E-state index is 12.8.